The van der Waals surface area contributed by atoms with Crippen molar-refractivity contribution < 1.29 is 22.7 Å². The first-order valence-electron chi connectivity index (χ1n) is 9.75. The minimum Gasteiger partial charge on any atom is -0.457 e. The van der Waals surface area contributed by atoms with Crippen LogP contribution in [0.5, 0.6) is 0 Å². The van der Waals surface area contributed by atoms with Crippen LogP contribution in [-0.4, -0.2) is 39.6 Å². The second-order valence-electron chi connectivity index (χ2n) is 7.86. The van der Waals surface area contributed by atoms with Gasteiger partial charge < -0.3 is 9.64 Å². The SMILES string of the molecule is CN1C(=CC(=O)COC(=O)CCS(=O)(=O)c2ccccc2Cl)C(C)(C)c2ccccc21. The van der Waals surface area contributed by atoms with E-state index in [9.17, 15) is 18.0 Å². The number of halogens is 1. The van der Waals surface area contributed by atoms with Gasteiger partial charge in [0.1, 0.15) is 0 Å². The molecule has 6 nitrogen and oxygen atoms in total. The number of hydrogen-bond acceptors (Lipinski definition) is 6. The number of ether oxygens (including phenoxy) is 1. The maximum absolute atomic E-state index is 12.4. The Morgan fingerprint density at radius 3 is 2.42 bits per heavy atom. The fraction of sp³-hybridized carbons (Fsp3) is 0.304. The highest BCUT2D eigenvalue weighted by Crippen LogP contribution is 2.46. The summed E-state index contributed by atoms with van der Waals surface area (Å²) in [6, 6.07) is 13.9. The minimum atomic E-state index is -3.73. The van der Waals surface area contributed by atoms with Gasteiger partial charge in [0.15, 0.2) is 22.2 Å². The standard InChI is InChI=1S/C23H24ClNO5S/c1-23(2)17-8-4-6-10-19(17)25(3)21(23)14-16(26)15-30-22(27)12-13-31(28,29)20-11-7-5-9-18(20)24/h4-11,14H,12-13,15H2,1-3H3. The number of fused-ring (bicyclic) bond motifs is 1. The Morgan fingerprint density at radius 2 is 1.74 bits per heavy atom. The lowest BCUT2D eigenvalue weighted by atomic mass is 9.83. The Labute approximate surface area is 187 Å². The van der Waals surface area contributed by atoms with E-state index >= 15 is 0 Å². The zero-order valence-corrected chi connectivity index (χ0v) is 19.2. The fourth-order valence-electron chi connectivity index (χ4n) is 3.70. The van der Waals surface area contributed by atoms with E-state index in [-0.39, 0.29) is 27.5 Å². The summed E-state index contributed by atoms with van der Waals surface area (Å²) in [4.78, 5) is 26.4. The van der Waals surface area contributed by atoms with Crippen LogP contribution >= 0.6 is 11.6 Å². The van der Waals surface area contributed by atoms with Crippen molar-refractivity contribution in [3.8, 4) is 0 Å². The first-order valence-corrected chi connectivity index (χ1v) is 11.8. The Kier molecular flexibility index (Phi) is 6.57. The van der Waals surface area contributed by atoms with Crippen LogP contribution in [0.25, 0.3) is 0 Å². The summed E-state index contributed by atoms with van der Waals surface area (Å²) in [6.45, 7) is 3.61. The zero-order valence-electron chi connectivity index (χ0n) is 17.6. The Bertz CT molecular complexity index is 1150. The molecule has 0 unspecified atom stereocenters. The number of hydrogen-bond donors (Lipinski definition) is 0. The first kappa shape index (κ1) is 23.0. The average Bonchev–Trinajstić information content (AvgIpc) is 2.92. The number of allylic oxidation sites excluding steroid dienone is 1. The molecule has 164 valence electrons. The lowest BCUT2D eigenvalue weighted by Gasteiger charge is -2.23. The van der Waals surface area contributed by atoms with E-state index in [1.807, 2.05) is 50.1 Å². The molecule has 0 N–H and O–H groups in total. The summed E-state index contributed by atoms with van der Waals surface area (Å²) >= 11 is 5.93. The van der Waals surface area contributed by atoms with E-state index in [0.717, 1.165) is 16.9 Å². The van der Waals surface area contributed by atoms with Crippen molar-refractivity contribution in [3.05, 3.63) is 70.9 Å². The number of rotatable bonds is 7. The van der Waals surface area contributed by atoms with Gasteiger partial charge in [-0.15, -0.1) is 0 Å². The second-order valence-corrected chi connectivity index (χ2v) is 10.3. The largest absolute Gasteiger partial charge is 0.457 e. The maximum atomic E-state index is 12.4. The van der Waals surface area contributed by atoms with Gasteiger partial charge >= 0.3 is 5.97 Å². The first-order chi connectivity index (χ1) is 14.5. The van der Waals surface area contributed by atoms with Crippen LogP contribution in [0.2, 0.25) is 5.02 Å². The molecule has 0 aliphatic carbocycles. The molecular formula is C23H24ClNO5S. The highest BCUT2D eigenvalue weighted by Gasteiger charge is 2.38. The molecule has 0 fully saturated rings. The van der Waals surface area contributed by atoms with Gasteiger partial charge in [-0.1, -0.05) is 55.8 Å². The molecule has 0 saturated heterocycles. The van der Waals surface area contributed by atoms with Crippen molar-refractivity contribution in [2.75, 3.05) is 24.3 Å². The number of nitrogens with zero attached hydrogens (tertiary/aromatic N) is 1. The molecule has 31 heavy (non-hydrogen) atoms. The normalized spacial score (nSPS) is 16.3. The van der Waals surface area contributed by atoms with Gasteiger partial charge in [0.2, 0.25) is 0 Å². The molecule has 8 heteroatoms. The summed E-state index contributed by atoms with van der Waals surface area (Å²) in [7, 11) is -1.85. The number of likely N-dealkylation sites (N-methyl/N-ethyl adjacent to an activating group) is 1. The number of para-hydroxylation sites is 1. The van der Waals surface area contributed by atoms with E-state index in [4.69, 9.17) is 16.3 Å². The molecule has 0 atom stereocenters. The molecule has 0 aromatic heterocycles. The van der Waals surface area contributed by atoms with Gasteiger partial charge in [0.05, 0.1) is 22.1 Å². The summed E-state index contributed by atoms with van der Waals surface area (Å²) in [6.07, 6.45) is 1.11. The average molecular weight is 462 g/mol. The Balaban J connectivity index is 1.59. The third kappa shape index (κ3) is 4.83. The number of benzene rings is 2. The smallest absolute Gasteiger partial charge is 0.307 e. The van der Waals surface area contributed by atoms with Crippen LogP contribution in [0.4, 0.5) is 5.69 Å². The molecule has 0 spiro atoms. The van der Waals surface area contributed by atoms with Gasteiger partial charge in [-0.05, 0) is 23.8 Å². The summed E-state index contributed by atoms with van der Waals surface area (Å²) in [5.41, 5.74) is 2.57. The lowest BCUT2D eigenvalue weighted by Crippen LogP contribution is -2.25. The minimum absolute atomic E-state index is 0.0312. The van der Waals surface area contributed by atoms with E-state index in [0.29, 0.717) is 0 Å². The fourth-order valence-corrected chi connectivity index (χ4v) is 5.50. The monoisotopic (exact) mass is 461 g/mol. The maximum Gasteiger partial charge on any atom is 0.307 e. The topological polar surface area (TPSA) is 80.8 Å². The molecule has 0 bridgehead atoms. The summed E-state index contributed by atoms with van der Waals surface area (Å²) < 4.78 is 29.7. The second kappa shape index (κ2) is 8.85. The van der Waals surface area contributed by atoms with Gasteiger partial charge in [-0.25, -0.2) is 8.42 Å². The van der Waals surface area contributed by atoms with Gasteiger partial charge in [0, 0.05) is 29.9 Å². The Hall–Kier alpha value is -2.64. The predicted octanol–water partition coefficient (Wildman–Crippen LogP) is 3.93. The molecule has 2 aromatic carbocycles. The van der Waals surface area contributed by atoms with Crippen molar-refractivity contribution in [2.24, 2.45) is 0 Å². The quantitative estimate of drug-likeness (QED) is 0.459. The number of carbonyl (C=O) groups excluding carboxylic acids is 2. The summed E-state index contributed by atoms with van der Waals surface area (Å²) in [5, 5.41) is 0.0990. The van der Waals surface area contributed by atoms with Crippen molar-refractivity contribution in [2.45, 2.75) is 30.6 Å². The van der Waals surface area contributed by atoms with Crippen LogP contribution in [0.1, 0.15) is 25.8 Å². The van der Waals surface area contributed by atoms with Crippen LogP contribution in [-0.2, 0) is 29.6 Å². The molecular weight excluding hydrogens is 438 g/mol. The van der Waals surface area contributed by atoms with E-state index < -0.39 is 28.2 Å². The van der Waals surface area contributed by atoms with Crippen LogP contribution in [0.15, 0.2) is 65.2 Å². The third-order valence-electron chi connectivity index (χ3n) is 5.36. The predicted molar refractivity (Wildman–Crippen MR) is 120 cm³/mol. The molecule has 0 amide bonds. The molecule has 1 aliphatic heterocycles. The number of anilines is 1. The van der Waals surface area contributed by atoms with Crippen molar-refractivity contribution >= 4 is 38.9 Å². The number of esters is 1. The third-order valence-corrected chi connectivity index (χ3v) is 7.57. The van der Waals surface area contributed by atoms with Crippen molar-refractivity contribution in [1.29, 1.82) is 0 Å². The molecule has 0 radical (unpaired) electrons. The molecule has 2 aromatic rings. The molecule has 1 heterocycles. The number of sulfone groups is 1. The summed E-state index contributed by atoms with van der Waals surface area (Å²) in [5.74, 6) is -1.58. The highest BCUT2D eigenvalue weighted by molar-refractivity contribution is 7.91. The highest BCUT2D eigenvalue weighted by atomic mass is 35.5. The molecule has 0 saturated carbocycles. The molecule has 3 rings (SSSR count). The van der Waals surface area contributed by atoms with Crippen molar-refractivity contribution in [3.63, 3.8) is 0 Å². The van der Waals surface area contributed by atoms with Crippen LogP contribution < -0.4 is 4.90 Å². The van der Waals surface area contributed by atoms with Crippen molar-refractivity contribution in [1.82, 2.24) is 0 Å². The van der Waals surface area contributed by atoms with E-state index in [2.05, 4.69) is 0 Å². The number of ketones is 1. The van der Waals surface area contributed by atoms with Gasteiger partial charge in [-0.2, -0.15) is 0 Å². The molecule has 1 aliphatic rings. The van der Waals surface area contributed by atoms with Gasteiger partial charge in [0.25, 0.3) is 0 Å². The van der Waals surface area contributed by atoms with Gasteiger partial charge in [-0.3, -0.25) is 9.59 Å². The van der Waals surface area contributed by atoms with E-state index in [1.165, 1.54) is 18.2 Å². The lowest BCUT2D eigenvalue weighted by molar-refractivity contribution is -0.146. The van der Waals surface area contributed by atoms with Crippen LogP contribution in [0, 0.1) is 0 Å². The Morgan fingerprint density at radius 1 is 1.10 bits per heavy atom. The van der Waals surface area contributed by atoms with E-state index in [1.54, 1.807) is 12.1 Å². The number of carbonyl (C=O) groups is 2. The van der Waals surface area contributed by atoms with Crippen LogP contribution in [0.3, 0.4) is 0 Å². The zero-order chi connectivity index (χ0) is 22.8.